The van der Waals surface area contributed by atoms with Gasteiger partial charge in [-0.05, 0) is 44.4 Å². The van der Waals surface area contributed by atoms with Crippen molar-refractivity contribution in [2.24, 2.45) is 5.92 Å². The smallest absolute Gasteiger partial charge is 0.408 e. The number of hydrogen-bond acceptors (Lipinski definition) is 5. The van der Waals surface area contributed by atoms with Gasteiger partial charge in [0.05, 0.1) is 0 Å². The van der Waals surface area contributed by atoms with Gasteiger partial charge in [0.2, 0.25) is 12.7 Å². The molecule has 7 heteroatoms. The van der Waals surface area contributed by atoms with Crippen LogP contribution in [0.4, 0.5) is 4.79 Å². The molecule has 0 aromatic heterocycles. The van der Waals surface area contributed by atoms with Crippen LogP contribution in [0.3, 0.4) is 0 Å². The molecule has 0 aliphatic carbocycles. The lowest BCUT2D eigenvalue weighted by atomic mass is 10.0. The lowest BCUT2D eigenvalue weighted by Crippen LogP contribution is -2.50. The molecule has 2 rings (SSSR count). The second kappa shape index (κ2) is 7.63. The zero-order valence-corrected chi connectivity index (χ0v) is 15.3. The van der Waals surface area contributed by atoms with E-state index in [9.17, 15) is 9.59 Å². The van der Waals surface area contributed by atoms with Gasteiger partial charge in [-0.3, -0.25) is 4.79 Å². The topological polar surface area (TPSA) is 85.9 Å². The fourth-order valence-corrected chi connectivity index (χ4v) is 2.32. The van der Waals surface area contributed by atoms with Gasteiger partial charge < -0.3 is 24.8 Å². The SMILES string of the molecule is CC(C)[C@H](NC(=O)OC(C)(C)C)C(=O)NCc1ccc2c(c1)OCO2. The van der Waals surface area contributed by atoms with Crippen molar-refractivity contribution in [2.75, 3.05) is 6.79 Å². The molecule has 1 heterocycles. The standard InChI is InChI=1S/C18H26N2O5/c1-11(2)15(20-17(22)25-18(3,4)5)16(21)19-9-12-6-7-13-14(8-12)24-10-23-13/h6-8,11,15H,9-10H2,1-5H3,(H,19,21)(H,20,22)/t15-/m0/s1. The maximum Gasteiger partial charge on any atom is 0.408 e. The maximum atomic E-state index is 12.5. The summed E-state index contributed by atoms with van der Waals surface area (Å²) in [4.78, 5) is 24.4. The number of carbonyl (C=O) groups is 2. The van der Waals surface area contributed by atoms with E-state index in [1.165, 1.54) is 0 Å². The Labute approximate surface area is 148 Å². The number of ether oxygens (including phenoxy) is 3. The Morgan fingerprint density at radius 1 is 1.20 bits per heavy atom. The Hall–Kier alpha value is -2.44. The van der Waals surface area contributed by atoms with E-state index in [1.54, 1.807) is 20.8 Å². The van der Waals surface area contributed by atoms with E-state index in [2.05, 4.69) is 10.6 Å². The molecule has 1 aromatic rings. The van der Waals surface area contributed by atoms with Gasteiger partial charge in [0, 0.05) is 6.54 Å². The van der Waals surface area contributed by atoms with E-state index < -0.39 is 17.7 Å². The van der Waals surface area contributed by atoms with Gasteiger partial charge >= 0.3 is 6.09 Å². The van der Waals surface area contributed by atoms with E-state index >= 15 is 0 Å². The monoisotopic (exact) mass is 350 g/mol. The molecule has 0 radical (unpaired) electrons. The van der Waals surface area contributed by atoms with Crippen LogP contribution in [0.2, 0.25) is 0 Å². The van der Waals surface area contributed by atoms with Crippen LogP contribution in [-0.4, -0.2) is 30.4 Å². The number of fused-ring (bicyclic) bond motifs is 1. The Morgan fingerprint density at radius 2 is 1.88 bits per heavy atom. The number of benzene rings is 1. The van der Waals surface area contributed by atoms with Crippen LogP contribution in [0.15, 0.2) is 18.2 Å². The normalized spacial score (nSPS) is 14.2. The Balaban J connectivity index is 1.92. The lowest BCUT2D eigenvalue weighted by molar-refractivity contribution is -0.124. The average molecular weight is 350 g/mol. The molecule has 138 valence electrons. The molecule has 7 nitrogen and oxygen atoms in total. The quantitative estimate of drug-likeness (QED) is 0.852. The van der Waals surface area contributed by atoms with Crippen LogP contribution in [0, 0.1) is 5.92 Å². The first kappa shape index (κ1) is 18.9. The summed E-state index contributed by atoms with van der Waals surface area (Å²) in [5.41, 5.74) is 0.270. The van der Waals surface area contributed by atoms with E-state index in [0.717, 1.165) is 5.56 Å². The minimum absolute atomic E-state index is 0.0794. The second-order valence-corrected chi connectivity index (χ2v) is 7.27. The predicted octanol–water partition coefficient (Wildman–Crippen LogP) is 2.58. The highest BCUT2D eigenvalue weighted by molar-refractivity contribution is 5.85. The van der Waals surface area contributed by atoms with E-state index in [1.807, 2.05) is 32.0 Å². The first-order chi connectivity index (χ1) is 11.7. The van der Waals surface area contributed by atoms with Gasteiger partial charge in [-0.15, -0.1) is 0 Å². The molecule has 2 N–H and O–H groups in total. The zero-order chi connectivity index (χ0) is 18.6. The summed E-state index contributed by atoms with van der Waals surface area (Å²) in [5.74, 6) is 1.02. The molecule has 0 saturated carbocycles. The van der Waals surface area contributed by atoms with Crippen LogP contribution >= 0.6 is 0 Å². The molecule has 0 bridgehead atoms. The van der Waals surface area contributed by atoms with Crippen LogP contribution in [0.1, 0.15) is 40.2 Å². The highest BCUT2D eigenvalue weighted by atomic mass is 16.7. The van der Waals surface area contributed by atoms with Crippen molar-refractivity contribution in [1.29, 1.82) is 0 Å². The van der Waals surface area contributed by atoms with Gasteiger partial charge in [-0.25, -0.2) is 4.79 Å². The molecular weight excluding hydrogens is 324 g/mol. The molecule has 1 aliphatic heterocycles. The third-order valence-electron chi connectivity index (χ3n) is 3.53. The molecule has 2 amide bonds. The third kappa shape index (κ3) is 5.55. The van der Waals surface area contributed by atoms with Gasteiger partial charge in [-0.2, -0.15) is 0 Å². The van der Waals surface area contributed by atoms with Crippen molar-refractivity contribution < 1.29 is 23.8 Å². The number of rotatable bonds is 5. The molecular formula is C18H26N2O5. The summed E-state index contributed by atoms with van der Waals surface area (Å²) in [7, 11) is 0. The van der Waals surface area contributed by atoms with Crippen molar-refractivity contribution in [1.82, 2.24) is 10.6 Å². The van der Waals surface area contributed by atoms with E-state index in [0.29, 0.717) is 18.0 Å². The summed E-state index contributed by atoms with van der Waals surface area (Å²) >= 11 is 0. The molecule has 0 unspecified atom stereocenters. The molecule has 25 heavy (non-hydrogen) atoms. The Morgan fingerprint density at radius 3 is 2.52 bits per heavy atom. The third-order valence-corrected chi connectivity index (χ3v) is 3.53. The second-order valence-electron chi connectivity index (χ2n) is 7.27. The highest BCUT2D eigenvalue weighted by Gasteiger charge is 2.26. The first-order valence-electron chi connectivity index (χ1n) is 8.31. The van der Waals surface area contributed by atoms with Crippen LogP contribution in [0.5, 0.6) is 11.5 Å². The molecule has 1 aliphatic rings. The highest BCUT2D eigenvalue weighted by Crippen LogP contribution is 2.32. The van der Waals surface area contributed by atoms with E-state index in [4.69, 9.17) is 14.2 Å². The van der Waals surface area contributed by atoms with Gasteiger partial charge in [0.25, 0.3) is 0 Å². The van der Waals surface area contributed by atoms with E-state index in [-0.39, 0.29) is 18.6 Å². The fourth-order valence-electron chi connectivity index (χ4n) is 2.32. The number of carbonyl (C=O) groups excluding carboxylic acids is 2. The van der Waals surface area contributed by atoms with Crippen LogP contribution in [0.25, 0.3) is 0 Å². The van der Waals surface area contributed by atoms with Crippen molar-refractivity contribution in [3.8, 4) is 11.5 Å². The molecule has 1 atom stereocenters. The summed E-state index contributed by atoms with van der Waals surface area (Å²) < 4.78 is 15.8. The Kier molecular flexibility index (Phi) is 5.77. The maximum absolute atomic E-state index is 12.5. The first-order valence-corrected chi connectivity index (χ1v) is 8.31. The van der Waals surface area contributed by atoms with Crippen molar-refractivity contribution >= 4 is 12.0 Å². The molecule has 0 spiro atoms. The number of amides is 2. The average Bonchev–Trinajstić information content (AvgIpc) is 2.95. The number of hydrogen-bond donors (Lipinski definition) is 2. The summed E-state index contributed by atoms with van der Waals surface area (Å²) in [5, 5.41) is 5.47. The van der Waals surface area contributed by atoms with Gasteiger partial charge in [-0.1, -0.05) is 19.9 Å². The van der Waals surface area contributed by atoms with Gasteiger partial charge in [0.15, 0.2) is 11.5 Å². The predicted molar refractivity (Wildman–Crippen MR) is 92.4 cm³/mol. The minimum Gasteiger partial charge on any atom is -0.454 e. The molecule has 1 aromatic carbocycles. The largest absolute Gasteiger partial charge is 0.454 e. The molecule has 0 saturated heterocycles. The van der Waals surface area contributed by atoms with Crippen molar-refractivity contribution in [3.63, 3.8) is 0 Å². The summed E-state index contributed by atoms with van der Waals surface area (Å²) in [6, 6.07) is 4.82. The summed E-state index contributed by atoms with van der Waals surface area (Å²) in [6.45, 7) is 9.59. The molecule has 0 fully saturated rings. The van der Waals surface area contributed by atoms with Gasteiger partial charge in [0.1, 0.15) is 11.6 Å². The van der Waals surface area contributed by atoms with Crippen LogP contribution < -0.4 is 20.1 Å². The lowest BCUT2D eigenvalue weighted by Gasteiger charge is -2.25. The van der Waals surface area contributed by atoms with Crippen LogP contribution in [-0.2, 0) is 16.1 Å². The van der Waals surface area contributed by atoms with Crippen molar-refractivity contribution in [3.05, 3.63) is 23.8 Å². The Bertz CT molecular complexity index is 637. The number of alkyl carbamates (subject to hydrolysis) is 1. The van der Waals surface area contributed by atoms with Crippen molar-refractivity contribution in [2.45, 2.75) is 52.8 Å². The number of nitrogens with one attached hydrogen (secondary N) is 2. The summed E-state index contributed by atoms with van der Waals surface area (Å²) in [6.07, 6.45) is -0.607. The zero-order valence-electron chi connectivity index (χ0n) is 15.3. The fraction of sp³-hybridized carbons (Fsp3) is 0.556. The minimum atomic E-state index is -0.677.